The van der Waals surface area contributed by atoms with Crippen LogP contribution in [0.1, 0.15) is 25.3 Å². The molecule has 1 aromatic carbocycles. The molecule has 0 amide bonds. The fraction of sp³-hybridized carbons (Fsp3) is 0.600. The van der Waals surface area contributed by atoms with Crippen LogP contribution in [0.3, 0.4) is 0 Å². The van der Waals surface area contributed by atoms with Crippen molar-refractivity contribution in [1.82, 2.24) is 4.90 Å². The third-order valence-corrected chi connectivity index (χ3v) is 4.19. The summed E-state index contributed by atoms with van der Waals surface area (Å²) in [4.78, 5) is 2.50. The Morgan fingerprint density at radius 1 is 1.32 bits per heavy atom. The number of rotatable bonds is 3. The number of hydrogen-bond donors (Lipinski definition) is 1. The fourth-order valence-corrected chi connectivity index (χ4v) is 3.03. The Balaban J connectivity index is 1.70. The minimum absolute atomic E-state index is 0.339. The van der Waals surface area contributed by atoms with Crippen LogP contribution >= 0.6 is 0 Å². The van der Waals surface area contributed by atoms with Gasteiger partial charge in [0.15, 0.2) is 11.5 Å². The quantitative estimate of drug-likeness (QED) is 0.905. The Bertz CT molecular complexity index is 450. The van der Waals surface area contributed by atoms with Crippen molar-refractivity contribution in [3.05, 3.63) is 23.8 Å². The van der Waals surface area contributed by atoms with Crippen LogP contribution in [-0.4, -0.2) is 30.8 Å². The monoisotopic (exact) mass is 262 g/mol. The Labute approximate surface area is 114 Å². The zero-order valence-electron chi connectivity index (χ0n) is 11.5. The lowest BCUT2D eigenvalue weighted by Gasteiger charge is -2.38. The van der Waals surface area contributed by atoms with Crippen molar-refractivity contribution >= 4 is 0 Å². The third-order valence-electron chi connectivity index (χ3n) is 4.19. The van der Waals surface area contributed by atoms with Gasteiger partial charge in [-0.1, -0.05) is 13.0 Å². The first-order valence-electron chi connectivity index (χ1n) is 7.09. The molecule has 2 N–H and O–H groups in total. The summed E-state index contributed by atoms with van der Waals surface area (Å²) in [5, 5.41) is 0. The van der Waals surface area contributed by atoms with Gasteiger partial charge in [-0.25, -0.2) is 0 Å². The van der Waals surface area contributed by atoms with Crippen LogP contribution in [0.15, 0.2) is 18.2 Å². The summed E-state index contributed by atoms with van der Waals surface area (Å²) in [6.07, 6.45) is 2.47. The van der Waals surface area contributed by atoms with Gasteiger partial charge in [0.1, 0.15) is 0 Å². The van der Waals surface area contributed by atoms with Gasteiger partial charge >= 0.3 is 0 Å². The van der Waals surface area contributed by atoms with E-state index in [4.69, 9.17) is 15.2 Å². The molecule has 1 aromatic rings. The van der Waals surface area contributed by atoms with Crippen molar-refractivity contribution in [3.63, 3.8) is 0 Å². The van der Waals surface area contributed by atoms with E-state index in [-0.39, 0.29) is 0 Å². The summed E-state index contributed by atoms with van der Waals surface area (Å²) in [6.45, 7) is 5.49. The van der Waals surface area contributed by atoms with E-state index < -0.39 is 0 Å². The maximum atomic E-state index is 5.91. The standard InChI is InChI=1S/C15H22N2O2/c1-11-4-5-17(13(6-11)8-16)9-12-2-3-14-15(7-12)19-10-18-14/h2-3,7,11,13H,4-6,8-10,16H2,1H3. The van der Waals surface area contributed by atoms with Crippen molar-refractivity contribution in [1.29, 1.82) is 0 Å². The summed E-state index contributed by atoms with van der Waals surface area (Å²) >= 11 is 0. The molecule has 0 radical (unpaired) electrons. The molecule has 1 fully saturated rings. The zero-order chi connectivity index (χ0) is 13.2. The minimum Gasteiger partial charge on any atom is -0.454 e. The van der Waals surface area contributed by atoms with Gasteiger partial charge in [-0.3, -0.25) is 4.90 Å². The zero-order valence-corrected chi connectivity index (χ0v) is 11.5. The maximum absolute atomic E-state index is 5.91. The lowest BCUT2D eigenvalue weighted by atomic mass is 9.92. The molecule has 2 heterocycles. The van der Waals surface area contributed by atoms with E-state index in [0.29, 0.717) is 12.8 Å². The maximum Gasteiger partial charge on any atom is 0.231 e. The molecule has 0 aliphatic carbocycles. The summed E-state index contributed by atoms with van der Waals surface area (Å²) < 4.78 is 10.8. The van der Waals surface area contributed by atoms with E-state index in [1.54, 1.807) is 0 Å². The SMILES string of the molecule is CC1CCN(Cc2ccc3c(c2)OCO3)C(CN)C1. The lowest BCUT2D eigenvalue weighted by molar-refractivity contribution is 0.115. The van der Waals surface area contributed by atoms with Crippen molar-refractivity contribution in [3.8, 4) is 11.5 Å². The van der Waals surface area contributed by atoms with Gasteiger partial charge in [-0.15, -0.1) is 0 Å². The second-order valence-electron chi connectivity index (χ2n) is 5.68. The second-order valence-corrected chi connectivity index (χ2v) is 5.68. The molecule has 4 heteroatoms. The smallest absolute Gasteiger partial charge is 0.231 e. The van der Waals surface area contributed by atoms with Gasteiger partial charge in [0.25, 0.3) is 0 Å². The van der Waals surface area contributed by atoms with E-state index in [2.05, 4.69) is 24.0 Å². The van der Waals surface area contributed by atoms with Crippen LogP contribution in [0.2, 0.25) is 0 Å². The molecule has 3 rings (SSSR count). The van der Waals surface area contributed by atoms with Crippen LogP contribution < -0.4 is 15.2 Å². The summed E-state index contributed by atoms with van der Waals surface area (Å²) in [7, 11) is 0. The molecular formula is C15H22N2O2. The Morgan fingerprint density at radius 2 is 2.16 bits per heavy atom. The number of ether oxygens (including phenoxy) is 2. The molecule has 0 bridgehead atoms. The summed E-state index contributed by atoms with van der Waals surface area (Å²) in [5.41, 5.74) is 7.19. The van der Waals surface area contributed by atoms with Crippen LogP contribution in [-0.2, 0) is 6.54 Å². The average molecular weight is 262 g/mol. The largest absolute Gasteiger partial charge is 0.454 e. The summed E-state index contributed by atoms with van der Waals surface area (Å²) in [6, 6.07) is 6.73. The minimum atomic E-state index is 0.339. The molecule has 4 nitrogen and oxygen atoms in total. The molecule has 2 atom stereocenters. The average Bonchev–Trinajstić information content (AvgIpc) is 2.88. The molecule has 0 spiro atoms. The molecule has 2 aliphatic rings. The fourth-order valence-electron chi connectivity index (χ4n) is 3.03. The first-order valence-corrected chi connectivity index (χ1v) is 7.09. The van der Waals surface area contributed by atoms with Gasteiger partial charge < -0.3 is 15.2 Å². The van der Waals surface area contributed by atoms with Crippen molar-refractivity contribution in [2.45, 2.75) is 32.4 Å². The molecule has 0 saturated carbocycles. The van der Waals surface area contributed by atoms with E-state index in [1.807, 2.05) is 6.07 Å². The lowest BCUT2D eigenvalue weighted by Crippen LogP contribution is -2.45. The molecule has 2 unspecified atom stereocenters. The predicted molar refractivity (Wildman–Crippen MR) is 74.2 cm³/mol. The number of nitrogens with two attached hydrogens (primary N) is 1. The molecule has 1 saturated heterocycles. The van der Waals surface area contributed by atoms with Gasteiger partial charge in [0, 0.05) is 19.1 Å². The van der Waals surface area contributed by atoms with E-state index >= 15 is 0 Å². The number of benzene rings is 1. The van der Waals surface area contributed by atoms with Gasteiger partial charge in [0.2, 0.25) is 6.79 Å². The second kappa shape index (κ2) is 5.39. The molecule has 2 aliphatic heterocycles. The van der Waals surface area contributed by atoms with Crippen molar-refractivity contribution in [2.75, 3.05) is 19.9 Å². The highest BCUT2D eigenvalue weighted by Gasteiger charge is 2.25. The topological polar surface area (TPSA) is 47.7 Å². The van der Waals surface area contributed by atoms with Gasteiger partial charge in [-0.2, -0.15) is 0 Å². The van der Waals surface area contributed by atoms with E-state index in [0.717, 1.165) is 37.1 Å². The number of fused-ring (bicyclic) bond motifs is 1. The molecule has 19 heavy (non-hydrogen) atoms. The van der Waals surface area contributed by atoms with Crippen LogP contribution in [0, 0.1) is 5.92 Å². The number of likely N-dealkylation sites (tertiary alicyclic amines) is 1. The first-order chi connectivity index (χ1) is 9.26. The normalized spacial score (nSPS) is 26.6. The van der Waals surface area contributed by atoms with Crippen LogP contribution in [0.25, 0.3) is 0 Å². The summed E-state index contributed by atoms with van der Waals surface area (Å²) in [5.74, 6) is 2.51. The van der Waals surface area contributed by atoms with E-state index in [9.17, 15) is 0 Å². The predicted octanol–water partition coefficient (Wildman–Crippen LogP) is 1.97. The highest BCUT2D eigenvalue weighted by molar-refractivity contribution is 5.44. The highest BCUT2D eigenvalue weighted by Crippen LogP contribution is 2.33. The van der Waals surface area contributed by atoms with Crippen LogP contribution in [0.4, 0.5) is 0 Å². The molecule has 0 aromatic heterocycles. The molecule has 104 valence electrons. The van der Waals surface area contributed by atoms with E-state index in [1.165, 1.54) is 18.4 Å². The number of piperidine rings is 1. The van der Waals surface area contributed by atoms with Crippen molar-refractivity contribution in [2.24, 2.45) is 11.7 Å². The highest BCUT2D eigenvalue weighted by atomic mass is 16.7. The molecular weight excluding hydrogens is 240 g/mol. The van der Waals surface area contributed by atoms with Crippen molar-refractivity contribution < 1.29 is 9.47 Å². The van der Waals surface area contributed by atoms with Gasteiger partial charge in [-0.05, 0) is 43.0 Å². The number of hydrogen-bond acceptors (Lipinski definition) is 4. The number of nitrogens with zero attached hydrogens (tertiary/aromatic N) is 1. The Kier molecular flexibility index (Phi) is 3.62. The van der Waals surface area contributed by atoms with Gasteiger partial charge in [0.05, 0.1) is 0 Å². The Morgan fingerprint density at radius 3 is 3.00 bits per heavy atom. The van der Waals surface area contributed by atoms with Crippen LogP contribution in [0.5, 0.6) is 11.5 Å². The first kappa shape index (κ1) is 12.8. The Hall–Kier alpha value is -1.26. The third kappa shape index (κ3) is 2.69.